The van der Waals surface area contributed by atoms with Gasteiger partial charge in [0.2, 0.25) is 0 Å². The molecule has 2 saturated heterocycles. The highest BCUT2D eigenvalue weighted by molar-refractivity contribution is 5.53. The first-order valence-electron chi connectivity index (χ1n) is 8.00. The summed E-state index contributed by atoms with van der Waals surface area (Å²) in [6.07, 6.45) is 6.58. The molecule has 3 rings (SSSR count). The van der Waals surface area contributed by atoms with Gasteiger partial charge in [-0.15, -0.1) is 0 Å². The number of ether oxygens (including phenoxy) is 1. The first-order chi connectivity index (χ1) is 9.81. The normalized spacial score (nSPS) is 29.3. The van der Waals surface area contributed by atoms with Crippen LogP contribution in [-0.2, 0) is 0 Å². The molecule has 0 amide bonds. The molecule has 2 aliphatic heterocycles. The second kappa shape index (κ2) is 6.04. The molecular formula is C17H26N2O. The molecule has 2 bridgehead atoms. The van der Waals surface area contributed by atoms with Crippen molar-refractivity contribution in [2.75, 3.05) is 18.6 Å². The number of nitrogens with zero attached hydrogens (tertiary/aromatic N) is 1. The van der Waals surface area contributed by atoms with Gasteiger partial charge in [-0.3, -0.25) is 0 Å². The summed E-state index contributed by atoms with van der Waals surface area (Å²) in [5.74, 6) is 0.999. The van der Waals surface area contributed by atoms with Gasteiger partial charge in [0.1, 0.15) is 5.75 Å². The van der Waals surface area contributed by atoms with Gasteiger partial charge < -0.3 is 15.0 Å². The smallest absolute Gasteiger partial charge is 0.121 e. The average Bonchev–Trinajstić information content (AvgIpc) is 2.46. The molecule has 0 saturated carbocycles. The van der Waals surface area contributed by atoms with E-state index < -0.39 is 0 Å². The zero-order valence-corrected chi connectivity index (χ0v) is 12.6. The third-order valence-corrected chi connectivity index (χ3v) is 4.81. The summed E-state index contributed by atoms with van der Waals surface area (Å²) in [5, 5.41) is 3.48. The number of fused-ring (bicyclic) bond motifs is 2. The van der Waals surface area contributed by atoms with Crippen molar-refractivity contribution in [2.45, 2.75) is 57.2 Å². The summed E-state index contributed by atoms with van der Waals surface area (Å²) in [5.41, 5.74) is 1.35. The van der Waals surface area contributed by atoms with Crippen LogP contribution in [-0.4, -0.2) is 31.8 Å². The number of rotatable bonds is 4. The van der Waals surface area contributed by atoms with Crippen LogP contribution in [0.15, 0.2) is 24.3 Å². The van der Waals surface area contributed by atoms with Crippen molar-refractivity contribution in [2.24, 2.45) is 0 Å². The van der Waals surface area contributed by atoms with Gasteiger partial charge in [0.05, 0.1) is 6.61 Å². The molecular weight excluding hydrogens is 248 g/mol. The number of hydrogen-bond acceptors (Lipinski definition) is 3. The Hall–Kier alpha value is -1.22. The first-order valence-corrected chi connectivity index (χ1v) is 8.00. The average molecular weight is 274 g/mol. The number of piperidine rings is 2. The molecule has 1 aromatic rings. The van der Waals surface area contributed by atoms with Crippen molar-refractivity contribution in [3.63, 3.8) is 0 Å². The fourth-order valence-electron chi connectivity index (χ4n) is 3.94. The van der Waals surface area contributed by atoms with Crippen LogP contribution < -0.4 is 15.0 Å². The minimum absolute atomic E-state index is 0.691. The molecule has 2 heterocycles. The minimum atomic E-state index is 0.691. The van der Waals surface area contributed by atoms with Crippen LogP contribution in [0.5, 0.6) is 5.75 Å². The predicted molar refractivity (Wildman–Crippen MR) is 83.6 cm³/mol. The lowest BCUT2D eigenvalue weighted by molar-refractivity contribution is 0.252. The Kier molecular flexibility index (Phi) is 4.16. The van der Waals surface area contributed by atoms with Gasteiger partial charge >= 0.3 is 0 Å². The van der Waals surface area contributed by atoms with Crippen LogP contribution in [0.25, 0.3) is 0 Å². The number of hydrogen-bond donors (Lipinski definition) is 1. The highest BCUT2D eigenvalue weighted by Crippen LogP contribution is 2.38. The molecule has 2 atom stereocenters. The van der Waals surface area contributed by atoms with Gasteiger partial charge in [0.15, 0.2) is 0 Å². The SMILES string of the molecule is CCOc1cccc(N2C3CCCC2CC(NC)C3)c1. The maximum Gasteiger partial charge on any atom is 0.121 e. The zero-order valence-electron chi connectivity index (χ0n) is 12.6. The molecule has 1 aromatic carbocycles. The van der Waals surface area contributed by atoms with E-state index in [2.05, 4.69) is 41.5 Å². The van der Waals surface area contributed by atoms with Crippen molar-refractivity contribution >= 4 is 5.69 Å². The second-order valence-corrected chi connectivity index (χ2v) is 6.03. The summed E-state index contributed by atoms with van der Waals surface area (Å²) in [4.78, 5) is 2.67. The highest BCUT2D eigenvalue weighted by atomic mass is 16.5. The van der Waals surface area contributed by atoms with Gasteiger partial charge in [-0.25, -0.2) is 0 Å². The Morgan fingerprint density at radius 2 is 2.00 bits per heavy atom. The van der Waals surface area contributed by atoms with Crippen LogP contribution in [0.3, 0.4) is 0 Å². The molecule has 2 unspecified atom stereocenters. The Balaban J connectivity index is 1.83. The molecule has 20 heavy (non-hydrogen) atoms. The monoisotopic (exact) mass is 274 g/mol. The summed E-state index contributed by atoms with van der Waals surface area (Å²) < 4.78 is 5.66. The summed E-state index contributed by atoms with van der Waals surface area (Å²) in [6, 6.07) is 10.7. The van der Waals surface area contributed by atoms with E-state index >= 15 is 0 Å². The lowest BCUT2D eigenvalue weighted by atomic mass is 9.81. The topological polar surface area (TPSA) is 24.5 Å². The fraction of sp³-hybridized carbons (Fsp3) is 0.647. The van der Waals surface area contributed by atoms with Crippen molar-refractivity contribution in [1.82, 2.24) is 5.32 Å². The van der Waals surface area contributed by atoms with Gasteiger partial charge in [-0.2, -0.15) is 0 Å². The molecule has 0 radical (unpaired) electrons. The van der Waals surface area contributed by atoms with E-state index in [0.717, 1.165) is 12.4 Å². The molecule has 0 spiro atoms. The van der Waals surface area contributed by atoms with Gasteiger partial charge in [-0.05, 0) is 58.2 Å². The summed E-state index contributed by atoms with van der Waals surface area (Å²) in [6.45, 7) is 2.78. The molecule has 3 nitrogen and oxygen atoms in total. The molecule has 2 fully saturated rings. The number of benzene rings is 1. The quantitative estimate of drug-likeness (QED) is 0.912. The lowest BCUT2D eigenvalue weighted by Gasteiger charge is -2.50. The largest absolute Gasteiger partial charge is 0.494 e. The third kappa shape index (κ3) is 2.64. The predicted octanol–water partition coefficient (Wildman–Crippen LogP) is 3.19. The second-order valence-electron chi connectivity index (χ2n) is 6.03. The van der Waals surface area contributed by atoms with Crippen molar-refractivity contribution in [3.05, 3.63) is 24.3 Å². The standard InChI is InChI=1S/C17H26N2O/c1-3-20-17-9-5-8-16(12-17)19-14-6-4-7-15(19)11-13(10-14)18-2/h5,8-9,12-15,18H,3-4,6-7,10-11H2,1-2H3. The third-order valence-electron chi connectivity index (χ3n) is 4.81. The van der Waals surface area contributed by atoms with Crippen molar-refractivity contribution in [3.8, 4) is 5.75 Å². The minimum Gasteiger partial charge on any atom is -0.494 e. The van der Waals surface area contributed by atoms with Crippen LogP contribution in [0, 0.1) is 0 Å². The van der Waals surface area contributed by atoms with Gasteiger partial charge in [0, 0.05) is 29.9 Å². The summed E-state index contributed by atoms with van der Waals surface area (Å²) in [7, 11) is 2.10. The number of nitrogens with one attached hydrogen (secondary N) is 1. The fourth-order valence-corrected chi connectivity index (χ4v) is 3.94. The van der Waals surface area contributed by atoms with E-state index in [0.29, 0.717) is 18.1 Å². The van der Waals surface area contributed by atoms with E-state index in [1.807, 2.05) is 6.92 Å². The van der Waals surface area contributed by atoms with Crippen molar-refractivity contribution in [1.29, 1.82) is 0 Å². The highest BCUT2D eigenvalue weighted by Gasteiger charge is 2.37. The van der Waals surface area contributed by atoms with E-state index in [1.165, 1.54) is 37.8 Å². The van der Waals surface area contributed by atoms with Crippen LogP contribution >= 0.6 is 0 Å². The number of anilines is 1. The molecule has 3 heteroatoms. The van der Waals surface area contributed by atoms with Gasteiger partial charge in [-0.1, -0.05) is 6.07 Å². The molecule has 0 aliphatic carbocycles. The maximum absolute atomic E-state index is 5.66. The van der Waals surface area contributed by atoms with E-state index in [-0.39, 0.29) is 0 Å². The molecule has 110 valence electrons. The summed E-state index contributed by atoms with van der Waals surface area (Å²) >= 11 is 0. The van der Waals surface area contributed by atoms with Crippen LogP contribution in [0.1, 0.15) is 39.0 Å². The molecule has 1 N–H and O–H groups in total. The maximum atomic E-state index is 5.66. The molecule has 2 aliphatic rings. The van der Waals surface area contributed by atoms with Crippen LogP contribution in [0.4, 0.5) is 5.69 Å². The van der Waals surface area contributed by atoms with Gasteiger partial charge in [0.25, 0.3) is 0 Å². The lowest BCUT2D eigenvalue weighted by Crippen LogP contribution is -2.56. The Bertz CT molecular complexity index is 434. The molecule has 0 aromatic heterocycles. The Morgan fingerprint density at radius 1 is 1.25 bits per heavy atom. The van der Waals surface area contributed by atoms with E-state index in [4.69, 9.17) is 4.74 Å². The van der Waals surface area contributed by atoms with E-state index in [1.54, 1.807) is 0 Å². The Labute approximate surface area is 122 Å². The first kappa shape index (κ1) is 13.7. The van der Waals surface area contributed by atoms with Crippen molar-refractivity contribution < 1.29 is 4.74 Å². The zero-order chi connectivity index (χ0) is 13.9. The van der Waals surface area contributed by atoms with E-state index in [9.17, 15) is 0 Å². The Morgan fingerprint density at radius 3 is 2.65 bits per heavy atom. The van der Waals surface area contributed by atoms with Crippen LogP contribution in [0.2, 0.25) is 0 Å².